The van der Waals surface area contributed by atoms with Crippen LogP contribution in [0.4, 0.5) is 0 Å². The summed E-state index contributed by atoms with van der Waals surface area (Å²) in [5, 5.41) is 10.3. The van der Waals surface area contributed by atoms with Gasteiger partial charge in [0.2, 0.25) is 5.95 Å². The SMILES string of the molecule is c1ccc(-n2c3ccccc3c3c4c5ccccc5n(-c5nc(-c6cccc7c6oc6cc8ccccc8cc67)c6ccccc6n5)c4ccc32)cc1. The van der Waals surface area contributed by atoms with Crippen molar-refractivity contribution < 1.29 is 4.42 Å². The maximum absolute atomic E-state index is 6.72. The van der Waals surface area contributed by atoms with Crippen molar-refractivity contribution in [3.05, 3.63) is 170 Å². The van der Waals surface area contributed by atoms with E-state index < -0.39 is 0 Å². The maximum atomic E-state index is 6.72. The van der Waals surface area contributed by atoms with Crippen LogP contribution in [0, 0.1) is 0 Å². The molecule has 5 nitrogen and oxygen atoms in total. The minimum atomic E-state index is 0.620. The second kappa shape index (κ2) is 10.6. The van der Waals surface area contributed by atoms with Gasteiger partial charge in [-0.05, 0) is 71.4 Å². The molecule has 5 heteroatoms. The Kier molecular flexibility index (Phi) is 5.71. The zero-order valence-electron chi connectivity index (χ0n) is 28.4. The summed E-state index contributed by atoms with van der Waals surface area (Å²) in [4.78, 5) is 10.7. The summed E-state index contributed by atoms with van der Waals surface area (Å²) in [5.41, 5.74) is 9.94. The highest BCUT2D eigenvalue weighted by Crippen LogP contribution is 2.43. The monoisotopic (exact) mass is 676 g/mol. The highest BCUT2D eigenvalue weighted by molar-refractivity contribution is 6.29. The van der Waals surface area contributed by atoms with Gasteiger partial charge in [0.1, 0.15) is 11.2 Å². The van der Waals surface area contributed by atoms with Crippen LogP contribution in [0.25, 0.3) is 110 Å². The highest BCUT2D eigenvalue weighted by atomic mass is 16.3. The van der Waals surface area contributed by atoms with Gasteiger partial charge in [-0.25, -0.2) is 9.97 Å². The smallest absolute Gasteiger partial charge is 0.235 e. The van der Waals surface area contributed by atoms with E-state index in [1.54, 1.807) is 0 Å². The molecule has 0 saturated carbocycles. The van der Waals surface area contributed by atoms with Crippen molar-refractivity contribution in [2.75, 3.05) is 0 Å². The summed E-state index contributed by atoms with van der Waals surface area (Å²) >= 11 is 0. The normalized spacial score (nSPS) is 12.2. The number of rotatable bonds is 3. The van der Waals surface area contributed by atoms with Gasteiger partial charge in [-0.3, -0.25) is 4.57 Å². The van der Waals surface area contributed by atoms with E-state index in [0.717, 1.165) is 77.1 Å². The molecule has 0 N–H and O–H groups in total. The lowest BCUT2D eigenvalue weighted by molar-refractivity contribution is 0.670. The van der Waals surface area contributed by atoms with Gasteiger partial charge in [-0.1, -0.05) is 109 Å². The number of nitrogens with zero attached hydrogens (tertiary/aromatic N) is 4. The van der Waals surface area contributed by atoms with Crippen molar-refractivity contribution >= 4 is 87.2 Å². The van der Waals surface area contributed by atoms with Crippen LogP contribution >= 0.6 is 0 Å². The maximum Gasteiger partial charge on any atom is 0.235 e. The molecule has 12 rings (SSSR count). The van der Waals surface area contributed by atoms with Gasteiger partial charge < -0.3 is 8.98 Å². The topological polar surface area (TPSA) is 48.8 Å². The number of fused-ring (bicyclic) bond motifs is 12. The fraction of sp³-hybridized carbons (Fsp3) is 0. The molecule has 246 valence electrons. The Hall–Kier alpha value is -7.24. The summed E-state index contributed by atoms with van der Waals surface area (Å²) in [7, 11) is 0. The van der Waals surface area contributed by atoms with E-state index in [9.17, 15) is 0 Å². The van der Waals surface area contributed by atoms with E-state index in [4.69, 9.17) is 14.4 Å². The fourth-order valence-corrected chi connectivity index (χ4v) is 8.63. The minimum absolute atomic E-state index is 0.620. The Labute approximate surface area is 302 Å². The van der Waals surface area contributed by atoms with E-state index in [1.807, 2.05) is 6.07 Å². The standard InChI is InChI=1S/C48H28N4O/c1-2-15-31(16-3-1)51-39-23-10-7-18-34(39)44-41(51)25-26-42-45(44)35-19-8-11-24-40(35)52(42)48-49-38-22-9-6-17-33(38)46(50-48)36-21-12-20-32-37-27-29-13-4-5-14-30(29)28-43(37)53-47(32)36/h1-28H. The van der Waals surface area contributed by atoms with Crippen LogP contribution in [0.5, 0.6) is 0 Å². The number of hydrogen-bond donors (Lipinski definition) is 0. The molecule has 0 radical (unpaired) electrons. The summed E-state index contributed by atoms with van der Waals surface area (Å²) in [5.74, 6) is 0.620. The van der Waals surface area contributed by atoms with E-state index in [2.05, 4.69) is 173 Å². The molecule has 0 unspecified atom stereocenters. The van der Waals surface area contributed by atoms with Crippen LogP contribution in [-0.4, -0.2) is 19.1 Å². The average Bonchev–Trinajstić information content (AvgIpc) is 3.87. The number of hydrogen-bond acceptors (Lipinski definition) is 3. The molecule has 0 fully saturated rings. The van der Waals surface area contributed by atoms with Crippen molar-refractivity contribution in [3.8, 4) is 22.9 Å². The quantitative estimate of drug-likeness (QED) is 0.187. The molecule has 4 aromatic heterocycles. The summed E-state index contributed by atoms with van der Waals surface area (Å²) in [6.45, 7) is 0. The molecule has 0 aliphatic rings. The van der Waals surface area contributed by atoms with Gasteiger partial charge >= 0.3 is 0 Å². The molecule has 4 heterocycles. The molecule has 12 aromatic rings. The molecular formula is C48H28N4O. The van der Waals surface area contributed by atoms with Gasteiger partial charge in [0.25, 0.3) is 0 Å². The van der Waals surface area contributed by atoms with Crippen LogP contribution in [0.2, 0.25) is 0 Å². The van der Waals surface area contributed by atoms with Gasteiger partial charge in [-0.2, -0.15) is 0 Å². The molecule has 0 aliphatic carbocycles. The first-order valence-electron chi connectivity index (χ1n) is 17.9. The third kappa shape index (κ3) is 3.96. The first-order chi connectivity index (χ1) is 26.3. The van der Waals surface area contributed by atoms with Crippen molar-refractivity contribution in [3.63, 3.8) is 0 Å². The zero-order valence-corrected chi connectivity index (χ0v) is 28.4. The molecule has 53 heavy (non-hydrogen) atoms. The predicted molar refractivity (Wildman–Crippen MR) is 218 cm³/mol. The lowest BCUT2D eigenvalue weighted by Gasteiger charge is -2.12. The molecule has 0 aliphatic heterocycles. The molecular weight excluding hydrogens is 649 g/mol. The third-order valence-corrected chi connectivity index (χ3v) is 10.9. The van der Waals surface area contributed by atoms with Crippen molar-refractivity contribution in [2.24, 2.45) is 0 Å². The average molecular weight is 677 g/mol. The van der Waals surface area contributed by atoms with Gasteiger partial charge in [0.05, 0.1) is 33.3 Å². The number of para-hydroxylation sites is 5. The number of aromatic nitrogens is 4. The predicted octanol–water partition coefficient (Wildman–Crippen LogP) is 12.5. The number of furan rings is 1. The Balaban J connectivity index is 1.18. The van der Waals surface area contributed by atoms with Crippen LogP contribution in [-0.2, 0) is 0 Å². The van der Waals surface area contributed by atoms with Crippen LogP contribution in [0.1, 0.15) is 0 Å². The van der Waals surface area contributed by atoms with Crippen LogP contribution < -0.4 is 0 Å². The van der Waals surface area contributed by atoms with Crippen LogP contribution in [0.15, 0.2) is 174 Å². The highest BCUT2D eigenvalue weighted by Gasteiger charge is 2.23. The van der Waals surface area contributed by atoms with E-state index in [0.29, 0.717) is 5.95 Å². The summed E-state index contributed by atoms with van der Waals surface area (Å²) in [6.07, 6.45) is 0. The van der Waals surface area contributed by atoms with Crippen molar-refractivity contribution in [1.82, 2.24) is 19.1 Å². The van der Waals surface area contributed by atoms with Gasteiger partial charge in [0.15, 0.2) is 0 Å². The lowest BCUT2D eigenvalue weighted by atomic mass is 10.0. The zero-order chi connectivity index (χ0) is 34.6. The number of benzene rings is 8. The Bertz CT molecular complexity index is 3460. The van der Waals surface area contributed by atoms with Crippen LogP contribution in [0.3, 0.4) is 0 Å². The van der Waals surface area contributed by atoms with Crippen molar-refractivity contribution in [1.29, 1.82) is 0 Å². The second-order valence-electron chi connectivity index (χ2n) is 13.8. The Morgan fingerprint density at radius 1 is 0.415 bits per heavy atom. The van der Waals surface area contributed by atoms with Gasteiger partial charge in [-0.15, -0.1) is 0 Å². The first kappa shape index (κ1) is 28.5. The van der Waals surface area contributed by atoms with Crippen molar-refractivity contribution in [2.45, 2.75) is 0 Å². The molecule has 0 spiro atoms. The third-order valence-electron chi connectivity index (χ3n) is 10.9. The molecule has 0 amide bonds. The largest absolute Gasteiger partial charge is 0.455 e. The lowest BCUT2D eigenvalue weighted by Crippen LogP contribution is -2.03. The fourth-order valence-electron chi connectivity index (χ4n) is 8.63. The molecule has 0 atom stereocenters. The van der Waals surface area contributed by atoms with Gasteiger partial charge in [0, 0.05) is 49.0 Å². The second-order valence-corrected chi connectivity index (χ2v) is 13.8. The van der Waals surface area contributed by atoms with E-state index >= 15 is 0 Å². The molecule has 0 bridgehead atoms. The Morgan fingerprint density at radius 3 is 1.79 bits per heavy atom. The van der Waals surface area contributed by atoms with E-state index in [-0.39, 0.29) is 0 Å². The van der Waals surface area contributed by atoms with E-state index in [1.165, 1.54) is 27.1 Å². The Morgan fingerprint density at radius 2 is 1.02 bits per heavy atom. The first-order valence-corrected chi connectivity index (χ1v) is 17.9. The summed E-state index contributed by atoms with van der Waals surface area (Å²) < 4.78 is 11.3. The molecule has 0 saturated heterocycles. The molecule has 8 aromatic carbocycles. The minimum Gasteiger partial charge on any atom is -0.455 e. The summed E-state index contributed by atoms with van der Waals surface area (Å²) in [6, 6.07) is 59.9.